The summed E-state index contributed by atoms with van der Waals surface area (Å²) in [6, 6.07) is 4.37. The topological polar surface area (TPSA) is 187 Å². The monoisotopic (exact) mass is 671 g/mol. The van der Waals surface area contributed by atoms with E-state index in [1.54, 1.807) is 27.7 Å². The molecule has 14 heteroatoms. The fraction of sp³-hybridized carbons (Fsp3) is 0.588. The van der Waals surface area contributed by atoms with E-state index in [1.807, 2.05) is 0 Å². The maximum Gasteiger partial charge on any atom is 0.341 e. The van der Waals surface area contributed by atoms with E-state index in [9.17, 15) is 29.1 Å². The zero-order chi connectivity index (χ0) is 35.2. The lowest BCUT2D eigenvalue weighted by molar-refractivity contribution is -0.354. The highest BCUT2D eigenvalue weighted by Gasteiger charge is 2.86. The van der Waals surface area contributed by atoms with E-state index < -0.39 is 94.9 Å². The molecule has 3 heterocycles. The van der Waals surface area contributed by atoms with E-state index in [4.69, 9.17) is 32.8 Å². The van der Waals surface area contributed by atoms with Crippen molar-refractivity contribution in [1.29, 1.82) is 0 Å². The molecule has 2 bridgehead atoms. The van der Waals surface area contributed by atoms with Crippen LogP contribution < -0.4 is 0 Å². The number of hydrogen-bond donors (Lipinski definition) is 1. The van der Waals surface area contributed by atoms with E-state index in [-0.39, 0.29) is 24.0 Å². The molecule has 3 fully saturated rings. The van der Waals surface area contributed by atoms with E-state index in [1.165, 1.54) is 57.0 Å². The van der Waals surface area contributed by atoms with Gasteiger partial charge in [0.15, 0.2) is 11.7 Å². The van der Waals surface area contributed by atoms with Crippen LogP contribution in [0.3, 0.4) is 0 Å². The van der Waals surface area contributed by atoms with Crippen LogP contribution in [0.4, 0.5) is 0 Å². The molecule has 0 aromatic carbocycles. The smallest absolute Gasteiger partial charge is 0.341 e. The van der Waals surface area contributed by atoms with Crippen molar-refractivity contribution in [3.05, 3.63) is 54.2 Å². The van der Waals surface area contributed by atoms with Gasteiger partial charge in [0.25, 0.3) is 0 Å². The predicted octanol–water partition coefficient (Wildman–Crippen LogP) is 3.20. The van der Waals surface area contributed by atoms with Gasteiger partial charge in [-0.15, -0.1) is 0 Å². The molecule has 8 atom stereocenters. The molecule has 48 heavy (non-hydrogen) atoms. The van der Waals surface area contributed by atoms with Crippen LogP contribution in [-0.2, 0) is 42.8 Å². The Kier molecular flexibility index (Phi) is 9.21. The molecule has 5 rings (SSSR count). The highest BCUT2D eigenvalue weighted by Crippen LogP contribution is 2.69. The summed E-state index contributed by atoms with van der Waals surface area (Å²) in [4.78, 5) is 70.1. The first kappa shape index (κ1) is 35.0. The molecule has 1 saturated heterocycles. The zero-order valence-electron chi connectivity index (χ0n) is 27.9. The predicted molar refractivity (Wildman–Crippen MR) is 162 cm³/mol. The summed E-state index contributed by atoms with van der Waals surface area (Å²) in [7, 11) is 0. The van der Waals surface area contributed by atoms with Gasteiger partial charge in [-0.3, -0.25) is 19.4 Å². The van der Waals surface area contributed by atoms with Gasteiger partial charge in [-0.2, -0.15) is 0 Å². The zero-order valence-corrected chi connectivity index (χ0v) is 27.9. The normalized spacial score (nSPS) is 33.2. The van der Waals surface area contributed by atoms with Crippen LogP contribution >= 0.6 is 0 Å². The first-order chi connectivity index (χ1) is 22.5. The standard InChI is InChI=1S/C34H41NO13/c1-18(2)28(38)43-17-33-25(46-30(40)22-10-12-42-16-22)13-23-26(45-20(4)37)34(33,48-31(23,5)6)32(7,41)14-24(44-19(3)36)27(33)47-29(39)21-9-8-11-35-15-21/h8-12,15-16,18,23-27,41H,13-14,17H2,1-7H3/t23-,24+,25+,26-,27+,32+,33-,34+/m1/s1. The van der Waals surface area contributed by atoms with Crippen molar-refractivity contribution in [2.75, 3.05) is 6.61 Å². The van der Waals surface area contributed by atoms with Gasteiger partial charge in [0.2, 0.25) is 0 Å². The van der Waals surface area contributed by atoms with Crippen LogP contribution in [0.15, 0.2) is 47.5 Å². The summed E-state index contributed by atoms with van der Waals surface area (Å²) in [6.07, 6.45) is -0.832. The number of furan rings is 1. The van der Waals surface area contributed by atoms with Crippen LogP contribution in [0.2, 0.25) is 0 Å². The molecular formula is C34H41NO13. The molecule has 1 aliphatic heterocycles. The molecule has 2 aliphatic carbocycles. The van der Waals surface area contributed by atoms with E-state index in [2.05, 4.69) is 4.98 Å². The van der Waals surface area contributed by atoms with Gasteiger partial charge in [-0.1, -0.05) is 13.8 Å². The highest BCUT2D eigenvalue weighted by molar-refractivity contribution is 5.90. The highest BCUT2D eigenvalue weighted by atomic mass is 16.6. The molecule has 3 aliphatic rings. The van der Waals surface area contributed by atoms with Crippen molar-refractivity contribution in [3.63, 3.8) is 0 Å². The number of aromatic nitrogens is 1. The Labute approximate surface area is 277 Å². The lowest BCUT2D eigenvalue weighted by atomic mass is 9.46. The van der Waals surface area contributed by atoms with Crippen LogP contribution in [0, 0.1) is 17.3 Å². The second kappa shape index (κ2) is 12.6. The third-order valence-corrected chi connectivity index (χ3v) is 9.73. The van der Waals surface area contributed by atoms with Crippen LogP contribution in [0.5, 0.6) is 0 Å². The van der Waals surface area contributed by atoms with Crippen LogP contribution in [0.1, 0.15) is 82.0 Å². The second-order valence-corrected chi connectivity index (χ2v) is 13.7. The molecule has 2 aromatic rings. The fourth-order valence-corrected chi connectivity index (χ4v) is 7.82. The summed E-state index contributed by atoms with van der Waals surface area (Å²) in [6.45, 7) is 9.78. The Morgan fingerprint density at radius 1 is 0.958 bits per heavy atom. The molecule has 260 valence electrons. The van der Waals surface area contributed by atoms with Crippen molar-refractivity contribution in [2.24, 2.45) is 17.3 Å². The number of pyridine rings is 1. The molecule has 1 N–H and O–H groups in total. The summed E-state index contributed by atoms with van der Waals surface area (Å²) >= 11 is 0. The number of ether oxygens (including phenoxy) is 6. The maximum atomic E-state index is 13.9. The Morgan fingerprint density at radius 3 is 2.23 bits per heavy atom. The Hall–Kier alpha value is -4.30. The minimum absolute atomic E-state index is 0.0321. The SMILES string of the molecule is CC(=O)O[C@H]1C[C@](C)(O)[C@]23OC(C)(C)[C@H](C[C@H](OC(=O)c4ccoc4)[C@]2(COC(=O)C(C)C)[C@H]1OC(=O)c1cccnc1)[C@H]3OC(C)=O. The summed E-state index contributed by atoms with van der Waals surface area (Å²) in [5, 5.41) is 12.6. The summed E-state index contributed by atoms with van der Waals surface area (Å²) in [5.41, 5.74) is -7.25. The number of aliphatic hydroxyl groups is 1. The van der Waals surface area contributed by atoms with E-state index in [0.29, 0.717) is 0 Å². The largest absolute Gasteiger partial charge is 0.472 e. The fourth-order valence-electron chi connectivity index (χ4n) is 7.82. The van der Waals surface area contributed by atoms with Crippen molar-refractivity contribution in [3.8, 4) is 0 Å². The first-order valence-corrected chi connectivity index (χ1v) is 15.7. The van der Waals surface area contributed by atoms with Gasteiger partial charge in [0.05, 0.1) is 34.5 Å². The number of carbonyl (C=O) groups is 5. The van der Waals surface area contributed by atoms with Gasteiger partial charge in [-0.05, 0) is 45.4 Å². The molecule has 2 saturated carbocycles. The number of nitrogens with zero attached hydrogens (tertiary/aromatic N) is 1. The van der Waals surface area contributed by atoms with Gasteiger partial charge in [-0.25, -0.2) is 9.59 Å². The second-order valence-electron chi connectivity index (χ2n) is 13.7. The van der Waals surface area contributed by atoms with Crippen LogP contribution in [0.25, 0.3) is 0 Å². The molecule has 14 nitrogen and oxygen atoms in total. The lowest BCUT2D eigenvalue weighted by Crippen LogP contribution is -2.83. The van der Waals surface area contributed by atoms with Crippen molar-refractivity contribution < 1.29 is 61.9 Å². The first-order valence-electron chi connectivity index (χ1n) is 15.7. The average Bonchev–Trinajstić information content (AvgIpc) is 3.59. The molecule has 2 aromatic heterocycles. The number of rotatable bonds is 9. The summed E-state index contributed by atoms with van der Waals surface area (Å²) < 4.78 is 42.1. The third kappa shape index (κ3) is 5.74. The van der Waals surface area contributed by atoms with Crippen LogP contribution in [-0.4, -0.2) is 87.8 Å². The molecule has 1 spiro atoms. The van der Waals surface area contributed by atoms with Gasteiger partial charge in [0, 0.05) is 38.6 Å². The number of fused-ring (bicyclic) bond motifs is 1. The van der Waals surface area contributed by atoms with E-state index >= 15 is 0 Å². The van der Waals surface area contributed by atoms with Gasteiger partial charge >= 0.3 is 29.8 Å². The van der Waals surface area contributed by atoms with Gasteiger partial charge < -0.3 is 37.9 Å². The minimum Gasteiger partial charge on any atom is -0.472 e. The van der Waals surface area contributed by atoms with Gasteiger partial charge in [0.1, 0.15) is 36.6 Å². The lowest BCUT2D eigenvalue weighted by Gasteiger charge is -2.65. The Bertz CT molecular complexity index is 1550. The van der Waals surface area contributed by atoms with Crippen molar-refractivity contribution in [1.82, 2.24) is 4.98 Å². The maximum absolute atomic E-state index is 13.9. The average molecular weight is 672 g/mol. The number of hydrogen-bond acceptors (Lipinski definition) is 14. The molecule has 0 amide bonds. The molecule has 0 radical (unpaired) electrons. The van der Waals surface area contributed by atoms with Crippen molar-refractivity contribution in [2.45, 2.75) is 103 Å². The minimum atomic E-state index is -2.08. The Balaban J connectivity index is 1.82. The number of carbonyl (C=O) groups excluding carboxylic acids is 5. The summed E-state index contributed by atoms with van der Waals surface area (Å²) in [5.74, 6) is -5.20. The van der Waals surface area contributed by atoms with E-state index in [0.717, 1.165) is 6.92 Å². The quantitative estimate of drug-likeness (QED) is 0.302. The number of esters is 5. The van der Waals surface area contributed by atoms with Crippen molar-refractivity contribution >= 4 is 29.8 Å². The Morgan fingerprint density at radius 2 is 1.65 bits per heavy atom. The third-order valence-electron chi connectivity index (χ3n) is 9.73. The molecular weight excluding hydrogens is 630 g/mol. The molecule has 0 unspecified atom stereocenters.